The molecule has 0 fully saturated rings. The minimum atomic E-state index is -3.78. The highest BCUT2D eigenvalue weighted by Crippen LogP contribution is 2.34. The zero-order chi connectivity index (χ0) is 18.2. The molecule has 0 aromatic heterocycles. The molecule has 1 aliphatic rings. The minimum Gasteiger partial charge on any atom is -0.490 e. The topological polar surface area (TPSA) is 75.7 Å². The lowest BCUT2D eigenvalue weighted by Crippen LogP contribution is -2.36. The van der Waals surface area contributed by atoms with E-state index in [1.807, 2.05) is 26.0 Å². The Hall–Kier alpha value is -2.54. The fraction of sp³-hybridized carbons (Fsp3) is 0.278. The standard InChI is InChI=1S/C18H20N2O4S/c1-12-4-5-13(2)16(10-12)19-25(22,23)15-6-7-18-17(11-15)20(14(3)21)8-9-24-18/h4-7,10-11,19H,8-9H2,1-3H3. The van der Waals surface area contributed by atoms with Crippen LogP contribution in [0.4, 0.5) is 11.4 Å². The third-order valence-electron chi connectivity index (χ3n) is 4.12. The van der Waals surface area contributed by atoms with E-state index in [-0.39, 0.29) is 10.8 Å². The molecular formula is C18H20N2O4S. The van der Waals surface area contributed by atoms with Gasteiger partial charge in [-0.3, -0.25) is 9.52 Å². The number of amides is 1. The van der Waals surface area contributed by atoms with Gasteiger partial charge in [0.25, 0.3) is 10.0 Å². The first-order chi connectivity index (χ1) is 11.8. The molecule has 1 heterocycles. The Morgan fingerprint density at radius 3 is 2.64 bits per heavy atom. The monoisotopic (exact) mass is 360 g/mol. The minimum absolute atomic E-state index is 0.0870. The number of hydrogen-bond acceptors (Lipinski definition) is 4. The second kappa shape index (κ2) is 6.40. The predicted molar refractivity (Wildman–Crippen MR) is 96.7 cm³/mol. The molecule has 1 aliphatic heterocycles. The molecular weight excluding hydrogens is 340 g/mol. The van der Waals surface area contributed by atoms with Gasteiger partial charge in [0.05, 0.1) is 22.8 Å². The van der Waals surface area contributed by atoms with Gasteiger partial charge < -0.3 is 9.64 Å². The van der Waals surface area contributed by atoms with Crippen molar-refractivity contribution in [2.75, 3.05) is 22.8 Å². The molecule has 0 aliphatic carbocycles. The van der Waals surface area contributed by atoms with E-state index >= 15 is 0 Å². The van der Waals surface area contributed by atoms with Crippen LogP contribution in [0.3, 0.4) is 0 Å². The Labute approximate surface area is 147 Å². The van der Waals surface area contributed by atoms with Crippen LogP contribution in [0.2, 0.25) is 0 Å². The number of sulfonamides is 1. The SMILES string of the molecule is CC(=O)N1CCOc2ccc(S(=O)(=O)Nc3cc(C)ccc3C)cc21. The number of carbonyl (C=O) groups excluding carboxylic acids is 1. The Morgan fingerprint density at radius 1 is 1.16 bits per heavy atom. The molecule has 0 unspecified atom stereocenters. The summed E-state index contributed by atoms with van der Waals surface area (Å²) in [5, 5.41) is 0. The maximum atomic E-state index is 12.8. The summed E-state index contributed by atoms with van der Waals surface area (Å²) in [6, 6.07) is 10.1. The van der Waals surface area contributed by atoms with Crippen molar-refractivity contribution in [2.24, 2.45) is 0 Å². The molecule has 25 heavy (non-hydrogen) atoms. The van der Waals surface area contributed by atoms with Crippen molar-refractivity contribution in [3.63, 3.8) is 0 Å². The molecule has 2 aromatic carbocycles. The smallest absolute Gasteiger partial charge is 0.261 e. The molecule has 132 valence electrons. The zero-order valence-corrected chi connectivity index (χ0v) is 15.2. The highest BCUT2D eigenvalue weighted by atomic mass is 32.2. The first-order valence-electron chi connectivity index (χ1n) is 7.93. The average molecular weight is 360 g/mol. The molecule has 6 nitrogen and oxygen atoms in total. The van der Waals surface area contributed by atoms with E-state index in [2.05, 4.69) is 4.72 Å². The fourth-order valence-corrected chi connectivity index (χ4v) is 3.88. The third kappa shape index (κ3) is 3.46. The molecule has 0 saturated carbocycles. The van der Waals surface area contributed by atoms with Gasteiger partial charge in [0.15, 0.2) is 0 Å². The first kappa shape index (κ1) is 17.3. The lowest BCUT2D eigenvalue weighted by Gasteiger charge is -2.29. The van der Waals surface area contributed by atoms with Crippen LogP contribution >= 0.6 is 0 Å². The number of fused-ring (bicyclic) bond motifs is 1. The van der Waals surface area contributed by atoms with Crippen LogP contribution in [0.25, 0.3) is 0 Å². The molecule has 0 radical (unpaired) electrons. The summed E-state index contributed by atoms with van der Waals surface area (Å²) in [7, 11) is -3.78. The van der Waals surface area contributed by atoms with Gasteiger partial charge in [0.1, 0.15) is 12.4 Å². The van der Waals surface area contributed by atoms with Gasteiger partial charge in [0.2, 0.25) is 5.91 Å². The second-order valence-corrected chi connectivity index (χ2v) is 7.75. The summed E-state index contributed by atoms with van der Waals surface area (Å²) in [5.41, 5.74) is 2.81. The van der Waals surface area contributed by atoms with Gasteiger partial charge in [-0.1, -0.05) is 12.1 Å². The van der Waals surface area contributed by atoms with E-state index in [9.17, 15) is 13.2 Å². The third-order valence-corrected chi connectivity index (χ3v) is 5.48. The zero-order valence-electron chi connectivity index (χ0n) is 14.4. The van der Waals surface area contributed by atoms with Crippen LogP contribution in [-0.2, 0) is 14.8 Å². The Bertz CT molecular complexity index is 938. The number of nitrogens with one attached hydrogen (secondary N) is 1. The van der Waals surface area contributed by atoms with Gasteiger partial charge in [-0.2, -0.15) is 0 Å². The van der Waals surface area contributed by atoms with E-state index in [4.69, 9.17) is 4.74 Å². The van der Waals surface area contributed by atoms with Gasteiger partial charge in [-0.05, 0) is 49.2 Å². The molecule has 0 spiro atoms. The number of hydrogen-bond donors (Lipinski definition) is 1. The van der Waals surface area contributed by atoms with Crippen molar-refractivity contribution in [1.82, 2.24) is 0 Å². The van der Waals surface area contributed by atoms with Crippen molar-refractivity contribution < 1.29 is 17.9 Å². The molecule has 2 aromatic rings. The number of carbonyl (C=O) groups is 1. The number of benzene rings is 2. The summed E-state index contributed by atoms with van der Waals surface area (Å²) < 4.78 is 33.7. The Kier molecular flexibility index (Phi) is 4.43. The van der Waals surface area contributed by atoms with Crippen LogP contribution < -0.4 is 14.4 Å². The lowest BCUT2D eigenvalue weighted by molar-refractivity contribution is -0.116. The van der Waals surface area contributed by atoms with Gasteiger partial charge in [-0.15, -0.1) is 0 Å². The number of ether oxygens (including phenoxy) is 1. The maximum Gasteiger partial charge on any atom is 0.261 e. The van der Waals surface area contributed by atoms with E-state index in [0.29, 0.717) is 30.3 Å². The van der Waals surface area contributed by atoms with Crippen molar-refractivity contribution in [3.05, 3.63) is 47.5 Å². The van der Waals surface area contributed by atoms with Crippen LogP contribution in [0, 0.1) is 13.8 Å². The summed E-state index contributed by atoms with van der Waals surface area (Å²) >= 11 is 0. The quantitative estimate of drug-likeness (QED) is 0.913. The molecule has 7 heteroatoms. The van der Waals surface area contributed by atoms with Gasteiger partial charge >= 0.3 is 0 Å². The van der Waals surface area contributed by atoms with Gasteiger partial charge in [0, 0.05) is 6.92 Å². The number of rotatable bonds is 3. The van der Waals surface area contributed by atoms with E-state index < -0.39 is 10.0 Å². The molecule has 3 rings (SSSR count). The first-order valence-corrected chi connectivity index (χ1v) is 9.41. The number of anilines is 2. The molecule has 0 saturated heterocycles. The highest BCUT2D eigenvalue weighted by molar-refractivity contribution is 7.92. The summed E-state index contributed by atoms with van der Waals surface area (Å²) in [4.78, 5) is 13.4. The van der Waals surface area contributed by atoms with Gasteiger partial charge in [-0.25, -0.2) is 8.42 Å². The van der Waals surface area contributed by atoms with Crippen molar-refractivity contribution in [3.8, 4) is 5.75 Å². The predicted octanol–water partition coefficient (Wildman–Crippen LogP) is 2.85. The molecule has 0 atom stereocenters. The summed E-state index contributed by atoms with van der Waals surface area (Å²) in [5.74, 6) is 0.355. The van der Waals surface area contributed by atoms with Crippen LogP contribution in [-0.4, -0.2) is 27.5 Å². The Balaban J connectivity index is 1.99. The van der Waals surface area contributed by atoms with Crippen molar-refractivity contribution in [1.29, 1.82) is 0 Å². The van der Waals surface area contributed by atoms with Crippen LogP contribution in [0.5, 0.6) is 5.75 Å². The van der Waals surface area contributed by atoms with Crippen molar-refractivity contribution in [2.45, 2.75) is 25.7 Å². The van der Waals surface area contributed by atoms with Crippen LogP contribution in [0.15, 0.2) is 41.3 Å². The highest BCUT2D eigenvalue weighted by Gasteiger charge is 2.24. The second-order valence-electron chi connectivity index (χ2n) is 6.07. The van der Waals surface area contributed by atoms with E-state index in [0.717, 1.165) is 11.1 Å². The average Bonchev–Trinajstić information content (AvgIpc) is 2.56. The van der Waals surface area contributed by atoms with Crippen molar-refractivity contribution >= 4 is 27.3 Å². The molecule has 0 bridgehead atoms. The summed E-state index contributed by atoms with van der Waals surface area (Å²) in [6.45, 7) is 5.98. The molecule has 1 amide bonds. The fourth-order valence-electron chi connectivity index (χ4n) is 2.74. The lowest BCUT2D eigenvalue weighted by atomic mass is 10.1. The largest absolute Gasteiger partial charge is 0.490 e. The normalized spacial score (nSPS) is 13.8. The van der Waals surface area contributed by atoms with E-state index in [1.165, 1.54) is 24.0 Å². The maximum absolute atomic E-state index is 12.8. The Morgan fingerprint density at radius 2 is 1.92 bits per heavy atom. The van der Waals surface area contributed by atoms with E-state index in [1.54, 1.807) is 12.1 Å². The number of aryl methyl sites for hydroxylation is 2. The van der Waals surface area contributed by atoms with Crippen LogP contribution in [0.1, 0.15) is 18.1 Å². The number of nitrogens with zero attached hydrogens (tertiary/aromatic N) is 1. The summed E-state index contributed by atoms with van der Waals surface area (Å²) in [6.07, 6.45) is 0. The molecule has 1 N–H and O–H groups in total.